The third-order valence-electron chi connectivity index (χ3n) is 5.71. The molecule has 0 saturated carbocycles. The molecule has 3 aromatic rings. The Bertz CT molecular complexity index is 1060. The number of hydrogen-bond acceptors (Lipinski definition) is 5. The standard InChI is InChI=1S/C23H30N6O/c1-6-19-24-21(27-11-13-28(14-12-27)23(30)15(2)3)20-17(5)26-29(22(20)25-19)18-9-7-16(4)8-10-18/h7-10,15H,6,11-14H2,1-5H3. The van der Waals surface area contributed by atoms with Crippen LogP contribution in [0.15, 0.2) is 24.3 Å². The normalized spacial score (nSPS) is 14.7. The van der Waals surface area contributed by atoms with Gasteiger partial charge in [-0.1, -0.05) is 38.5 Å². The van der Waals surface area contributed by atoms with Crippen molar-refractivity contribution in [3.63, 3.8) is 0 Å². The maximum atomic E-state index is 12.4. The van der Waals surface area contributed by atoms with E-state index in [4.69, 9.17) is 15.1 Å². The lowest BCUT2D eigenvalue weighted by atomic mass is 10.1. The van der Waals surface area contributed by atoms with Crippen molar-refractivity contribution >= 4 is 22.8 Å². The number of fused-ring (bicyclic) bond motifs is 1. The number of aryl methyl sites for hydroxylation is 3. The molecule has 158 valence electrons. The van der Waals surface area contributed by atoms with Gasteiger partial charge in [0.05, 0.1) is 16.8 Å². The number of nitrogens with zero attached hydrogens (tertiary/aromatic N) is 6. The molecule has 0 unspecified atom stereocenters. The lowest BCUT2D eigenvalue weighted by Gasteiger charge is -2.36. The lowest BCUT2D eigenvalue weighted by molar-refractivity contribution is -0.134. The fraction of sp³-hybridized carbons (Fsp3) is 0.478. The van der Waals surface area contributed by atoms with Gasteiger partial charge in [0.1, 0.15) is 11.6 Å². The van der Waals surface area contributed by atoms with Gasteiger partial charge < -0.3 is 9.80 Å². The Morgan fingerprint density at radius 1 is 1.03 bits per heavy atom. The Morgan fingerprint density at radius 3 is 2.30 bits per heavy atom. The molecule has 1 fully saturated rings. The minimum absolute atomic E-state index is 0.0315. The molecule has 0 N–H and O–H groups in total. The SMILES string of the molecule is CCc1nc(N2CCN(C(=O)C(C)C)CC2)c2c(C)nn(-c3ccc(C)cc3)c2n1. The number of carbonyl (C=O) groups excluding carboxylic acids is 1. The van der Waals surface area contributed by atoms with Gasteiger partial charge in [0, 0.05) is 38.5 Å². The fourth-order valence-electron chi connectivity index (χ4n) is 3.96. The van der Waals surface area contributed by atoms with E-state index >= 15 is 0 Å². The van der Waals surface area contributed by atoms with E-state index in [2.05, 4.69) is 43.0 Å². The predicted molar refractivity (Wildman–Crippen MR) is 119 cm³/mol. The second kappa shape index (κ2) is 8.05. The number of carbonyl (C=O) groups is 1. The molecule has 1 aliphatic heterocycles. The molecule has 1 saturated heterocycles. The van der Waals surface area contributed by atoms with Gasteiger partial charge >= 0.3 is 0 Å². The average molecular weight is 407 g/mol. The monoisotopic (exact) mass is 406 g/mol. The second-order valence-electron chi connectivity index (χ2n) is 8.32. The molecule has 1 aliphatic rings. The minimum Gasteiger partial charge on any atom is -0.352 e. The van der Waals surface area contributed by atoms with Crippen molar-refractivity contribution in [1.29, 1.82) is 0 Å². The molecule has 4 rings (SSSR count). The number of rotatable bonds is 4. The zero-order chi connectivity index (χ0) is 21.4. The van der Waals surface area contributed by atoms with Gasteiger partial charge in [0.25, 0.3) is 0 Å². The summed E-state index contributed by atoms with van der Waals surface area (Å²) < 4.78 is 1.92. The van der Waals surface area contributed by atoms with E-state index in [9.17, 15) is 4.79 Å². The molecule has 0 aliphatic carbocycles. The highest BCUT2D eigenvalue weighted by Crippen LogP contribution is 2.30. The summed E-state index contributed by atoms with van der Waals surface area (Å²) in [4.78, 5) is 26.3. The summed E-state index contributed by atoms with van der Waals surface area (Å²) in [5, 5.41) is 5.81. The quantitative estimate of drug-likeness (QED) is 0.665. The van der Waals surface area contributed by atoms with Crippen molar-refractivity contribution in [2.75, 3.05) is 31.1 Å². The first kappa shape index (κ1) is 20.3. The first-order valence-electron chi connectivity index (χ1n) is 10.8. The van der Waals surface area contributed by atoms with Crippen molar-refractivity contribution in [2.45, 2.75) is 41.0 Å². The van der Waals surface area contributed by atoms with Crippen LogP contribution in [0, 0.1) is 19.8 Å². The van der Waals surface area contributed by atoms with Crippen LogP contribution in [0.3, 0.4) is 0 Å². The Kier molecular flexibility index (Phi) is 5.45. The molecule has 0 radical (unpaired) electrons. The number of benzene rings is 1. The zero-order valence-corrected chi connectivity index (χ0v) is 18.5. The molecule has 2 aromatic heterocycles. The van der Waals surface area contributed by atoms with E-state index in [-0.39, 0.29) is 11.8 Å². The highest BCUT2D eigenvalue weighted by atomic mass is 16.2. The molecule has 0 bridgehead atoms. The van der Waals surface area contributed by atoms with E-state index < -0.39 is 0 Å². The number of hydrogen-bond donors (Lipinski definition) is 0. The molecule has 1 aromatic carbocycles. The fourth-order valence-corrected chi connectivity index (χ4v) is 3.96. The van der Waals surface area contributed by atoms with Crippen molar-refractivity contribution in [1.82, 2.24) is 24.6 Å². The Labute approximate surface area is 177 Å². The molecular weight excluding hydrogens is 376 g/mol. The molecule has 0 atom stereocenters. The highest BCUT2D eigenvalue weighted by molar-refractivity contribution is 5.91. The molecular formula is C23H30N6O. The van der Waals surface area contributed by atoms with Crippen LogP contribution >= 0.6 is 0 Å². The van der Waals surface area contributed by atoms with Gasteiger partial charge in [-0.15, -0.1) is 0 Å². The maximum Gasteiger partial charge on any atom is 0.225 e. The Hall–Kier alpha value is -2.96. The molecule has 3 heterocycles. The van der Waals surface area contributed by atoms with Crippen molar-refractivity contribution in [3.8, 4) is 5.69 Å². The van der Waals surface area contributed by atoms with Gasteiger partial charge in [-0.05, 0) is 26.0 Å². The summed E-state index contributed by atoms with van der Waals surface area (Å²) in [5.74, 6) is 2.00. The Morgan fingerprint density at radius 2 is 1.70 bits per heavy atom. The van der Waals surface area contributed by atoms with Crippen LogP contribution in [0.25, 0.3) is 16.7 Å². The van der Waals surface area contributed by atoms with Crippen LogP contribution in [0.2, 0.25) is 0 Å². The molecule has 0 spiro atoms. The van der Waals surface area contributed by atoms with Crippen LogP contribution in [-0.4, -0.2) is 56.7 Å². The third kappa shape index (κ3) is 3.64. The highest BCUT2D eigenvalue weighted by Gasteiger charge is 2.27. The van der Waals surface area contributed by atoms with E-state index in [1.807, 2.05) is 30.4 Å². The van der Waals surface area contributed by atoms with Crippen molar-refractivity contribution < 1.29 is 4.79 Å². The Balaban J connectivity index is 1.74. The smallest absolute Gasteiger partial charge is 0.225 e. The van der Waals surface area contributed by atoms with Crippen LogP contribution < -0.4 is 4.90 Å². The molecule has 30 heavy (non-hydrogen) atoms. The first-order chi connectivity index (χ1) is 14.4. The first-order valence-corrected chi connectivity index (χ1v) is 10.8. The second-order valence-corrected chi connectivity index (χ2v) is 8.32. The summed E-state index contributed by atoms with van der Waals surface area (Å²) in [6.07, 6.45) is 0.757. The van der Waals surface area contributed by atoms with E-state index in [1.165, 1.54) is 5.56 Å². The van der Waals surface area contributed by atoms with Crippen molar-refractivity contribution in [3.05, 3.63) is 41.3 Å². The van der Waals surface area contributed by atoms with Crippen LogP contribution in [-0.2, 0) is 11.2 Å². The minimum atomic E-state index is 0.0315. The van der Waals surface area contributed by atoms with Gasteiger partial charge in [-0.2, -0.15) is 5.10 Å². The summed E-state index contributed by atoms with van der Waals surface area (Å²) >= 11 is 0. The van der Waals surface area contributed by atoms with Crippen molar-refractivity contribution in [2.24, 2.45) is 5.92 Å². The topological polar surface area (TPSA) is 67.2 Å². The zero-order valence-electron chi connectivity index (χ0n) is 18.5. The molecule has 7 nitrogen and oxygen atoms in total. The molecule has 7 heteroatoms. The van der Waals surface area contributed by atoms with E-state index in [1.54, 1.807) is 0 Å². The third-order valence-corrected chi connectivity index (χ3v) is 5.71. The van der Waals surface area contributed by atoms with Crippen LogP contribution in [0.1, 0.15) is 37.9 Å². The summed E-state index contributed by atoms with van der Waals surface area (Å²) in [5.41, 5.74) is 3.98. The number of amides is 1. The van der Waals surface area contributed by atoms with Gasteiger partial charge in [0.15, 0.2) is 5.65 Å². The average Bonchev–Trinajstić information content (AvgIpc) is 3.09. The summed E-state index contributed by atoms with van der Waals surface area (Å²) in [6, 6.07) is 8.33. The summed E-state index contributed by atoms with van der Waals surface area (Å²) in [7, 11) is 0. The van der Waals surface area contributed by atoms with Gasteiger partial charge in [-0.25, -0.2) is 14.6 Å². The number of anilines is 1. The lowest BCUT2D eigenvalue weighted by Crippen LogP contribution is -2.50. The van der Waals surface area contributed by atoms with Gasteiger partial charge in [0.2, 0.25) is 5.91 Å². The van der Waals surface area contributed by atoms with E-state index in [0.29, 0.717) is 0 Å². The number of piperazine rings is 1. The maximum absolute atomic E-state index is 12.4. The summed E-state index contributed by atoms with van der Waals surface area (Å²) in [6.45, 7) is 13.1. The van der Waals surface area contributed by atoms with Crippen LogP contribution in [0.4, 0.5) is 5.82 Å². The largest absolute Gasteiger partial charge is 0.352 e. The van der Waals surface area contributed by atoms with E-state index in [0.717, 1.165) is 66.7 Å². The van der Waals surface area contributed by atoms with Crippen LogP contribution in [0.5, 0.6) is 0 Å². The molecule has 1 amide bonds. The van der Waals surface area contributed by atoms with Gasteiger partial charge in [-0.3, -0.25) is 4.79 Å². The number of aromatic nitrogens is 4. The predicted octanol–water partition coefficient (Wildman–Crippen LogP) is 3.30.